The Labute approximate surface area is 208 Å². The molecule has 1 aromatic carbocycles. The van der Waals surface area contributed by atoms with Gasteiger partial charge in [-0.3, -0.25) is 4.40 Å². The number of halogens is 3. The van der Waals surface area contributed by atoms with Gasteiger partial charge in [-0.1, -0.05) is 45.2 Å². The minimum Gasteiger partial charge on any atom is -0.475 e. The fourth-order valence-electron chi connectivity index (χ4n) is 3.93. The normalized spacial score (nSPS) is 15.4. The number of pyridine rings is 1. The summed E-state index contributed by atoms with van der Waals surface area (Å²) in [5.41, 5.74) is 4.52. The molecule has 0 spiro atoms. The average Bonchev–Trinajstić information content (AvgIpc) is 3.17. The van der Waals surface area contributed by atoms with Crippen LogP contribution in [-0.4, -0.2) is 37.9 Å². The number of hydrogen-bond acceptors (Lipinski definition) is 4. The van der Waals surface area contributed by atoms with Crippen molar-refractivity contribution < 1.29 is 23.1 Å². The van der Waals surface area contributed by atoms with Gasteiger partial charge in [0.1, 0.15) is 17.2 Å². The Kier molecular flexibility index (Phi) is 9.10. The molecule has 0 saturated heterocycles. The number of carbonyl (C=O) groups is 1. The van der Waals surface area contributed by atoms with Crippen LogP contribution >= 0.6 is 11.8 Å². The first-order valence-corrected chi connectivity index (χ1v) is 12.8. The summed E-state index contributed by atoms with van der Waals surface area (Å²) in [4.78, 5) is 15.2. The molecule has 0 aliphatic heterocycles. The van der Waals surface area contributed by atoms with Crippen molar-refractivity contribution in [1.82, 2.24) is 9.38 Å². The Hall–Kier alpha value is -2.68. The molecule has 1 saturated carbocycles. The largest absolute Gasteiger partial charge is 0.490 e. The molecule has 1 aliphatic carbocycles. The van der Waals surface area contributed by atoms with Crippen molar-refractivity contribution in [2.45, 2.75) is 81.7 Å². The average molecular weight is 508 g/mol. The number of nitrogens with zero attached hydrogens (tertiary/aromatic N) is 2. The second kappa shape index (κ2) is 11.8. The molecule has 9 heteroatoms. The van der Waals surface area contributed by atoms with Crippen LogP contribution in [0.15, 0.2) is 47.5 Å². The maximum absolute atomic E-state index is 10.6. The molecule has 2 heterocycles. The summed E-state index contributed by atoms with van der Waals surface area (Å²) in [6.45, 7) is 6.66. The summed E-state index contributed by atoms with van der Waals surface area (Å²) in [5, 5.41) is 11.6. The molecule has 0 radical (unpaired) electrons. The SMILES string of the molecule is CCC(C)Sc1ccc(-c2nc3cc(C)ccn3c2NC2CCCCC2)cc1.O=C(O)C(F)(F)F. The highest BCUT2D eigenvalue weighted by Gasteiger charge is 2.38. The van der Waals surface area contributed by atoms with Gasteiger partial charge < -0.3 is 10.4 Å². The van der Waals surface area contributed by atoms with E-state index in [0.29, 0.717) is 11.3 Å². The van der Waals surface area contributed by atoms with Crippen molar-refractivity contribution in [3.8, 4) is 11.3 Å². The van der Waals surface area contributed by atoms with Crippen LogP contribution < -0.4 is 5.32 Å². The lowest BCUT2D eigenvalue weighted by molar-refractivity contribution is -0.192. The Balaban J connectivity index is 0.000000429. The lowest BCUT2D eigenvalue weighted by atomic mass is 9.95. The third kappa shape index (κ3) is 7.40. The van der Waals surface area contributed by atoms with Crippen molar-refractivity contribution >= 4 is 29.2 Å². The van der Waals surface area contributed by atoms with E-state index in [-0.39, 0.29) is 0 Å². The number of aromatic nitrogens is 2. The quantitative estimate of drug-likeness (QED) is 0.337. The van der Waals surface area contributed by atoms with E-state index in [2.05, 4.69) is 73.1 Å². The summed E-state index contributed by atoms with van der Waals surface area (Å²) in [7, 11) is 0. The zero-order valence-electron chi connectivity index (χ0n) is 20.2. The number of rotatable bonds is 6. The van der Waals surface area contributed by atoms with E-state index in [1.807, 2.05) is 11.8 Å². The lowest BCUT2D eigenvalue weighted by Gasteiger charge is -2.24. The van der Waals surface area contributed by atoms with Crippen LogP contribution in [0.1, 0.15) is 57.9 Å². The van der Waals surface area contributed by atoms with Gasteiger partial charge >= 0.3 is 12.1 Å². The molecule has 4 rings (SSSR count). The van der Waals surface area contributed by atoms with Crippen molar-refractivity contribution in [3.63, 3.8) is 0 Å². The maximum atomic E-state index is 10.6. The number of fused-ring (bicyclic) bond motifs is 1. The van der Waals surface area contributed by atoms with Crippen LogP contribution in [0.5, 0.6) is 0 Å². The number of hydrogen-bond donors (Lipinski definition) is 2. The summed E-state index contributed by atoms with van der Waals surface area (Å²) in [6, 6.07) is 13.8. The molecule has 2 N–H and O–H groups in total. The van der Waals surface area contributed by atoms with E-state index in [1.54, 1.807) is 0 Å². The number of nitrogens with one attached hydrogen (secondary N) is 1. The standard InChI is InChI=1S/C24H31N3S.C2HF3O2/c1-4-18(3)28-21-12-10-19(11-13-21)23-24(25-20-8-6-5-7-9-20)27-15-14-17(2)16-22(27)26-23;3-2(4,5)1(6)7/h10-16,18,20,25H,4-9H2,1-3H3;(H,6,7). The maximum Gasteiger partial charge on any atom is 0.490 e. The first-order chi connectivity index (χ1) is 16.6. The van der Waals surface area contributed by atoms with E-state index < -0.39 is 12.1 Å². The first kappa shape index (κ1) is 26.9. The third-order valence-corrected chi connectivity index (χ3v) is 7.29. The summed E-state index contributed by atoms with van der Waals surface area (Å²) < 4.78 is 34.0. The highest BCUT2D eigenvalue weighted by atomic mass is 32.2. The third-order valence-electron chi connectivity index (χ3n) is 6.01. The van der Waals surface area contributed by atoms with Gasteiger partial charge in [0.15, 0.2) is 0 Å². The number of anilines is 1. The number of alkyl halides is 3. The number of carboxylic acids is 1. The topological polar surface area (TPSA) is 66.6 Å². The van der Waals surface area contributed by atoms with Gasteiger partial charge in [0.05, 0.1) is 0 Å². The Morgan fingerprint density at radius 2 is 1.83 bits per heavy atom. The summed E-state index contributed by atoms with van der Waals surface area (Å²) >= 11 is 1.95. The van der Waals surface area contributed by atoms with Crippen molar-refractivity contribution in [2.24, 2.45) is 0 Å². The molecule has 5 nitrogen and oxygen atoms in total. The summed E-state index contributed by atoms with van der Waals surface area (Å²) in [6.07, 6.45) is 4.78. The number of thioether (sulfide) groups is 1. The zero-order chi connectivity index (χ0) is 25.6. The van der Waals surface area contributed by atoms with Crippen LogP contribution in [0.25, 0.3) is 16.9 Å². The zero-order valence-corrected chi connectivity index (χ0v) is 21.0. The van der Waals surface area contributed by atoms with Gasteiger partial charge in [0.2, 0.25) is 0 Å². The van der Waals surface area contributed by atoms with Gasteiger partial charge in [0.25, 0.3) is 0 Å². The van der Waals surface area contributed by atoms with E-state index in [9.17, 15) is 13.2 Å². The van der Waals surface area contributed by atoms with Gasteiger partial charge in [-0.05, 0) is 56.0 Å². The van der Waals surface area contributed by atoms with Gasteiger partial charge in [-0.25, -0.2) is 9.78 Å². The second-order valence-corrected chi connectivity index (χ2v) is 10.4. The molecule has 3 aromatic rings. The Morgan fingerprint density at radius 1 is 1.20 bits per heavy atom. The predicted octanol–water partition coefficient (Wildman–Crippen LogP) is 7.58. The van der Waals surface area contributed by atoms with Crippen molar-refractivity contribution in [3.05, 3.63) is 48.2 Å². The molecular weight excluding hydrogens is 475 g/mol. The van der Waals surface area contributed by atoms with Crippen LogP contribution in [0.4, 0.5) is 19.0 Å². The molecule has 0 bridgehead atoms. The van der Waals surface area contributed by atoms with E-state index in [1.165, 1.54) is 54.5 Å². The van der Waals surface area contributed by atoms with Crippen LogP contribution in [0, 0.1) is 6.92 Å². The number of carboxylic acid groups (broad SMARTS) is 1. The molecule has 190 valence electrons. The fraction of sp³-hybridized carbons (Fsp3) is 0.462. The summed E-state index contributed by atoms with van der Waals surface area (Å²) in [5.74, 6) is -1.61. The Morgan fingerprint density at radius 3 is 2.40 bits per heavy atom. The number of aliphatic carboxylic acids is 1. The molecule has 35 heavy (non-hydrogen) atoms. The highest BCUT2D eigenvalue weighted by molar-refractivity contribution is 7.99. The van der Waals surface area contributed by atoms with Crippen molar-refractivity contribution in [1.29, 1.82) is 0 Å². The molecule has 1 aliphatic rings. The molecule has 1 unspecified atom stereocenters. The van der Waals surface area contributed by atoms with Crippen molar-refractivity contribution in [2.75, 3.05) is 5.32 Å². The van der Waals surface area contributed by atoms with Crippen LogP contribution in [0.3, 0.4) is 0 Å². The number of aryl methyl sites for hydroxylation is 1. The minimum atomic E-state index is -5.08. The highest BCUT2D eigenvalue weighted by Crippen LogP contribution is 2.33. The van der Waals surface area contributed by atoms with Gasteiger partial charge in [-0.2, -0.15) is 13.2 Å². The molecule has 2 aromatic heterocycles. The predicted molar refractivity (Wildman–Crippen MR) is 135 cm³/mol. The lowest BCUT2D eigenvalue weighted by Crippen LogP contribution is -2.23. The first-order valence-electron chi connectivity index (χ1n) is 11.9. The smallest absolute Gasteiger partial charge is 0.475 e. The van der Waals surface area contributed by atoms with Crippen LogP contribution in [-0.2, 0) is 4.79 Å². The Bertz CT molecular complexity index is 1120. The second-order valence-electron chi connectivity index (χ2n) is 8.88. The minimum absolute atomic E-state index is 0.550. The molecular formula is C26H32F3N3O2S. The molecule has 1 atom stereocenters. The number of imidazole rings is 1. The molecule has 0 amide bonds. The fourth-order valence-corrected chi connectivity index (χ4v) is 4.86. The monoisotopic (exact) mass is 507 g/mol. The van der Waals surface area contributed by atoms with Gasteiger partial charge in [-0.15, -0.1) is 11.8 Å². The van der Waals surface area contributed by atoms with E-state index in [4.69, 9.17) is 14.9 Å². The van der Waals surface area contributed by atoms with E-state index in [0.717, 1.165) is 17.2 Å². The van der Waals surface area contributed by atoms with Crippen LogP contribution in [0.2, 0.25) is 0 Å². The molecule has 1 fully saturated rings. The van der Waals surface area contributed by atoms with Gasteiger partial charge in [0, 0.05) is 27.9 Å². The number of benzene rings is 1. The van der Waals surface area contributed by atoms with E-state index >= 15 is 0 Å².